The van der Waals surface area contributed by atoms with Gasteiger partial charge in [-0.15, -0.1) is 0 Å². The van der Waals surface area contributed by atoms with Crippen LogP contribution in [0.3, 0.4) is 0 Å². The highest BCUT2D eigenvalue weighted by atomic mass is 16.5. The standard InChI is InChI=1S/C15H20N4O2/c1-3-17-15(14(20)21-4-2,10-19-12-16-11-18-19)13-8-6-5-7-9-13/h5-9,11-12,17H,3-4,10H2,1-2H3. The van der Waals surface area contributed by atoms with E-state index >= 15 is 0 Å². The monoisotopic (exact) mass is 288 g/mol. The third-order valence-corrected chi connectivity index (χ3v) is 3.23. The van der Waals surface area contributed by atoms with Crippen LogP contribution in [0, 0.1) is 0 Å². The quantitative estimate of drug-likeness (QED) is 0.779. The summed E-state index contributed by atoms with van der Waals surface area (Å²) in [4.78, 5) is 16.6. The molecule has 0 aliphatic rings. The van der Waals surface area contributed by atoms with Crippen LogP contribution in [-0.4, -0.2) is 33.9 Å². The molecule has 0 aliphatic heterocycles. The van der Waals surface area contributed by atoms with Gasteiger partial charge in [-0.2, -0.15) is 5.10 Å². The lowest BCUT2D eigenvalue weighted by atomic mass is 9.89. The third-order valence-electron chi connectivity index (χ3n) is 3.23. The number of carbonyl (C=O) groups excluding carboxylic acids is 1. The molecule has 2 rings (SSSR count). The molecule has 112 valence electrons. The molecular weight excluding hydrogens is 268 g/mol. The first kappa shape index (κ1) is 15.2. The number of ether oxygens (including phenoxy) is 1. The predicted octanol–water partition coefficient (Wildman–Crippen LogP) is 1.35. The van der Waals surface area contributed by atoms with E-state index in [4.69, 9.17) is 4.74 Å². The Kier molecular flexibility index (Phi) is 5.05. The van der Waals surface area contributed by atoms with E-state index in [0.29, 0.717) is 19.7 Å². The normalized spacial score (nSPS) is 13.6. The number of nitrogens with zero attached hydrogens (tertiary/aromatic N) is 3. The Labute approximate surface area is 124 Å². The number of aromatic nitrogens is 3. The minimum atomic E-state index is -0.973. The average molecular weight is 288 g/mol. The maximum Gasteiger partial charge on any atom is 0.332 e. The first-order chi connectivity index (χ1) is 10.2. The maximum atomic E-state index is 12.6. The minimum Gasteiger partial charge on any atom is -0.464 e. The smallest absolute Gasteiger partial charge is 0.332 e. The molecule has 0 amide bonds. The fraction of sp³-hybridized carbons (Fsp3) is 0.400. The molecule has 6 nitrogen and oxygen atoms in total. The summed E-state index contributed by atoms with van der Waals surface area (Å²) < 4.78 is 6.93. The van der Waals surface area contributed by atoms with E-state index in [1.165, 1.54) is 6.33 Å². The van der Waals surface area contributed by atoms with Crippen LogP contribution in [0.2, 0.25) is 0 Å². The van der Waals surface area contributed by atoms with Gasteiger partial charge in [0.05, 0.1) is 13.2 Å². The van der Waals surface area contributed by atoms with Crippen LogP contribution in [0.5, 0.6) is 0 Å². The topological polar surface area (TPSA) is 69.0 Å². The summed E-state index contributed by atoms with van der Waals surface area (Å²) >= 11 is 0. The van der Waals surface area contributed by atoms with E-state index in [9.17, 15) is 4.79 Å². The van der Waals surface area contributed by atoms with Crippen LogP contribution in [-0.2, 0) is 21.6 Å². The zero-order valence-corrected chi connectivity index (χ0v) is 12.3. The van der Waals surface area contributed by atoms with Gasteiger partial charge in [0.2, 0.25) is 0 Å². The molecule has 0 fully saturated rings. The fourth-order valence-electron chi connectivity index (χ4n) is 2.34. The van der Waals surface area contributed by atoms with Gasteiger partial charge in [-0.05, 0) is 19.0 Å². The van der Waals surface area contributed by atoms with Crippen LogP contribution >= 0.6 is 0 Å². The van der Waals surface area contributed by atoms with Crippen molar-refractivity contribution < 1.29 is 9.53 Å². The van der Waals surface area contributed by atoms with Gasteiger partial charge >= 0.3 is 5.97 Å². The molecule has 21 heavy (non-hydrogen) atoms. The van der Waals surface area contributed by atoms with Crippen LogP contribution in [0.1, 0.15) is 19.4 Å². The molecule has 6 heteroatoms. The van der Waals surface area contributed by atoms with Crippen molar-refractivity contribution in [2.24, 2.45) is 0 Å². The van der Waals surface area contributed by atoms with E-state index in [1.807, 2.05) is 37.3 Å². The largest absolute Gasteiger partial charge is 0.464 e. The number of hydrogen-bond acceptors (Lipinski definition) is 5. The molecule has 0 saturated heterocycles. The molecule has 0 saturated carbocycles. The molecule has 1 unspecified atom stereocenters. The SMILES string of the molecule is CCNC(Cn1cncn1)(C(=O)OCC)c1ccccc1. The second-order valence-corrected chi connectivity index (χ2v) is 4.62. The van der Waals surface area contributed by atoms with Gasteiger partial charge in [0.1, 0.15) is 12.7 Å². The molecule has 1 aromatic carbocycles. The number of benzene rings is 1. The van der Waals surface area contributed by atoms with Crippen molar-refractivity contribution in [2.45, 2.75) is 25.9 Å². The van der Waals surface area contributed by atoms with E-state index in [-0.39, 0.29) is 5.97 Å². The Balaban J connectivity index is 2.45. The number of esters is 1. The maximum absolute atomic E-state index is 12.6. The highest BCUT2D eigenvalue weighted by Crippen LogP contribution is 2.25. The van der Waals surface area contributed by atoms with Crippen LogP contribution in [0.4, 0.5) is 0 Å². The van der Waals surface area contributed by atoms with Gasteiger partial charge < -0.3 is 4.74 Å². The van der Waals surface area contributed by atoms with Gasteiger partial charge in [0.25, 0.3) is 0 Å². The summed E-state index contributed by atoms with van der Waals surface area (Å²) in [5.74, 6) is -0.312. The number of hydrogen-bond donors (Lipinski definition) is 1. The van der Waals surface area contributed by atoms with Crippen molar-refractivity contribution in [1.82, 2.24) is 20.1 Å². The van der Waals surface area contributed by atoms with Crippen LogP contribution in [0.15, 0.2) is 43.0 Å². The number of nitrogens with one attached hydrogen (secondary N) is 1. The Hall–Kier alpha value is -2.21. The Morgan fingerprint density at radius 3 is 2.67 bits per heavy atom. The van der Waals surface area contributed by atoms with E-state index < -0.39 is 5.54 Å². The predicted molar refractivity (Wildman–Crippen MR) is 78.5 cm³/mol. The van der Waals surface area contributed by atoms with E-state index in [1.54, 1.807) is 17.9 Å². The summed E-state index contributed by atoms with van der Waals surface area (Å²) in [7, 11) is 0. The highest BCUT2D eigenvalue weighted by Gasteiger charge is 2.41. The van der Waals surface area contributed by atoms with Gasteiger partial charge in [0.15, 0.2) is 5.54 Å². The first-order valence-electron chi connectivity index (χ1n) is 7.03. The lowest BCUT2D eigenvalue weighted by Crippen LogP contribution is -2.53. The molecule has 0 radical (unpaired) electrons. The van der Waals surface area contributed by atoms with Crippen molar-refractivity contribution in [3.63, 3.8) is 0 Å². The lowest BCUT2D eigenvalue weighted by Gasteiger charge is -2.32. The van der Waals surface area contributed by atoms with Gasteiger partial charge in [-0.3, -0.25) is 10.00 Å². The molecule has 1 N–H and O–H groups in total. The summed E-state index contributed by atoms with van der Waals surface area (Å²) in [6.07, 6.45) is 3.04. The molecule has 2 aromatic rings. The lowest BCUT2D eigenvalue weighted by molar-refractivity contribution is -0.152. The van der Waals surface area contributed by atoms with Gasteiger partial charge in [-0.1, -0.05) is 37.3 Å². The second-order valence-electron chi connectivity index (χ2n) is 4.62. The second kappa shape index (κ2) is 6.99. The van der Waals surface area contributed by atoms with Crippen LogP contribution in [0.25, 0.3) is 0 Å². The van der Waals surface area contributed by atoms with Gasteiger partial charge in [-0.25, -0.2) is 9.78 Å². The zero-order chi connectivity index (χ0) is 15.1. The molecule has 1 aromatic heterocycles. The van der Waals surface area contributed by atoms with Crippen molar-refractivity contribution >= 4 is 5.97 Å². The fourth-order valence-corrected chi connectivity index (χ4v) is 2.34. The van der Waals surface area contributed by atoms with Crippen molar-refractivity contribution in [2.75, 3.05) is 13.2 Å². The zero-order valence-electron chi connectivity index (χ0n) is 12.3. The molecule has 1 atom stereocenters. The van der Waals surface area contributed by atoms with Crippen molar-refractivity contribution in [3.05, 3.63) is 48.5 Å². The number of rotatable bonds is 7. The summed E-state index contributed by atoms with van der Waals surface area (Å²) in [5.41, 5.74) is -0.125. The van der Waals surface area contributed by atoms with Crippen LogP contribution < -0.4 is 5.32 Å². The van der Waals surface area contributed by atoms with Crippen molar-refractivity contribution in [1.29, 1.82) is 0 Å². The third kappa shape index (κ3) is 3.28. The molecule has 0 bridgehead atoms. The molecule has 1 heterocycles. The summed E-state index contributed by atoms with van der Waals surface area (Å²) in [6, 6.07) is 9.55. The van der Waals surface area contributed by atoms with E-state index in [0.717, 1.165) is 5.56 Å². The summed E-state index contributed by atoms with van der Waals surface area (Å²) in [6.45, 7) is 5.04. The highest BCUT2D eigenvalue weighted by molar-refractivity contribution is 5.82. The minimum absolute atomic E-state index is 0.312. The van der Waals surface area contributed by atoms with Crippen molar-refractivity contribution in [3.8, 4) is 0 Å². The Morgan fingerprint density at radius 2 is 2.10 bits per heavy atom. The summed E-state index contributed by atoms with van der Waals surface area (Å²) in [5, 5.41) is 7.38. The Bertz CT molecular complexity index is 556. The van der Waals surface area contributed by atoms with Gasteiger partial charge in [0, 0.05) is 0 Å². The average Bonchev–Trinajstić information content (AvgIpc) is 3.00. The molecule has 0 spiro atoms. The first-order valence-corrected chi connectivity index (χ1v) is 7.03. The number of carbonyl (C=O) groups is 1. The number of likely N-dealkylation sites (N-methyl/N-ethyl adjacent to an activating group) is 1. The Morgan fingerprint density at radius 1 is 1.33 bits per heavy atom. The molecule has 0 aliphatic carbocycles. The van der Waals surface area contributed by atoms with E-state index in [2.05, 4.69) is 15.4 Å². The molecular formula is C15H20N4O2.